The molecule has 2 unspecified atom stereocenters. The lowest BCUT2D eigenvalue weighted by Crippen LogP contribution is -2.44. The lowest BCUT2D eigenvalue weighted by atomic mass is 10.0. The van der Waals surface area contributed by atoms with Crippen LogP contribution in [0.25, 0.3) is 0 Å². The first kappa shape index (κ1) is 13.8. The van der Waals surface area contributed by atoms with Crippen LogP contribution in [0.1, 0.15) is 13.3 Å². The molecule has 0 aliphatic carbocycles. The number of amides is 1. The predicted molar refractivity (Wildman–Crippen MR) is 67.8 cm³/mol. The van der Waals surface area contributed by atoms with Gasteiger partial charge in [-0.1, -0.05) is 6.92 Å². The third-order valence-corrected chi connectivity index (χ3v) is 3.40. The molecule has 2 atom stereocenters. The summed E-state index contributed by atoms with van der Waals surface area (Å²) in [7, 11) is 0. The number of ether oxygens (including phenoxy) is 1. The van der Waals surface area contributed by atoms with Crippen molar-refractivity contribution in [3.63, 3.8) is 0 Å². The Balaban J connectivity index is 2.23. The standard InChI is InChI=1S/C11H22N2O2S/c1-3-12-10-8-15-7-9(10)11(14)13-5-4-6-16-2/h9-10,12H,3-8H2,1-2H3,(H,13,14). The fraction of sp³-hybridized carbons (Fsp3) is 0.909. The molecule has 94 valence electrons. The molecule has 1 rings (SSSR count). The lowest BCUT2D eigenvalue weighted by molar-refractivity contribution is -0.125. The largest absolute Gasteiger partial charge is 0.379 e. The molecule has 0 aromatic carbocycles. The van der Waals surface area contributed by atoms with Crippen molar-refractivity contribution in [2.75, 3.05) is 38.3 Å². The topological polar surface area (TPSA) is 50.4 Å². The predicted octanol–water partition coefficient (Wildman–Crippen LogP) is 0.480. The van der Waals surface area contributed by atoms with Crippen LogP contribution in [0.4, 0.5) is 0 Å². The van der Waals surface area contributed by atoms with Crippen LogP contribution in [0, 0.1) is 5.92 Å². The van der Waals surface area contributed by atoms with E-state index in [0.29, 0.717) is 13.2 Å². The molecule has 0 saturated carbocycles. The van der Waals surface area contributed by atoms with Gasteiger partial charge in [-0.3, -0.25) is 4.79 Å². The van der Waals surface area contributed by atoms with Gasteiger partial charge in [0.15, 0.2) is 0 Å². The molecule has 1 amide bonds. The number of thioether (sulfide) groups is 1. The van der Waals surface area contributed by atoms with Crippen LogP contribution in [0.2, 0.25) is 0 Å². The molecule has 0 aromatic rings. The van der Waals surface area contributed by atoms with Crippen molar-refractivity contribution in [1.29, 1.82) is 0 Å². The van der Waals surface area contributed by atoms with Crippen LogP contribution < -0.4 is 10.6 Å². The quantitative estimate of drug-likeness (QED) is 0.642. The monoisotopic (exact) mass is 246 g/mol. The second kappa shape index (κ2) is 7.92. The van der Waals surface area contributed by atoms with E-state index in [2.05, 4.69) is 16.9 Å². The third-order valence-electron chi connectivity index (χ3n) is 2.71. The maximum Gasteiger partial charge on any atom is 0.227 e. The number of hydrogen-bond donors (Lipinski definition) is 2. The molecule has 1 saturated heterocycles. The molecule has 0 aromatic heterocycles. The Kier molecular flexibility index (Phi) is 6.84. The highest BCUT2D eigenvalue weighted by molar-refractivity contribution is 7.98. The maximum absolute atomic E-state index is 11.9. The summed E-state index contributed by atoms with van der Waals surface area (Å²) in [5.74, 6) is 1.21. The summed E-state index contributed by atoms with van der Waals surface area (Å²) in [5.41, 5.74) is 0. The molecule has 0 radical (unpaired) electrons. The second-order valence-corrected chi connectivity index (χ2v) is 4.93. The lowest BCUT2D eigenvalue weighted by Gasteiger charge is -2.17. The van der Waals surface area contributed by atoms with E-state index in [-0.39, 0.29) is 17.9 Å². The van der Waals surface area contributed by atoms with Gasteiger partial charge in [-0.25, -0.2) is 0 Å². The van der Waals surface area contributed by atoms with Crippen LogP contribution >= 0.6 is 11.8 Å². The van der Waals surface area contributed by atoms with Crippen molar-refractivity contribution < 1.29 is 9.53 Å². The van der Waals surface area contributed by atoms with E-state index in [1.165, 1.54) is 0 Å². The van der Waals surface area contributed by atoms with E-state index in [9.17, 15) is 4.79 Å². The van der Waals surface area contributed by atoms with E-state index in [4.69, 9.17) is 4.74 Å². The normalized spacial score (nSPS) is 24.6. The minimum Gasteiger partial charge on any atom is -0.379 e. The van der Waals surface area contributed by atoms with Crippen molar-refractivity contribution in [2.45, 2.75) is 19.4 Å². The highest BCUT2D eigenvalue weighted by Crippen LogP contribution is 2.13. The molecule has 1 fully saturated rings. The Hall–Kier alpha value is -0.260. The molecule has 1 heterocycles. The minimum atomic E-state index is -0.0192. The zero-order chi connectivity index (χ0) is 11.8. The Morgan fingerprint density at radius 3 is 3.00 bits per heavy atom. The Labute approximate surface area is 102 Å². The van der Waals surface area contributed by atoms with Gasteiger partial charge in [0.25, 0.3) is 0 Å². The van der Waals surface area contributed by atoms with Crippen molar-refractivity contribution in [3.8, 4) is 0 Å². The summed E-state index contributed by atoms with van der Waals surface area (Å²) in [4.78, 5) is 11.9. The molecule has 2 N–H and O–H groups in total. The van der Waals surface area contributed by atoms with Crippen molar-refractivity contribution in [2.24, 2.45) is 5.92 Å². The molecular formula is C11H22N2O2S. The molecule has 5 heteroatoms. The zero-order valence-corrected chi connectivity index (χ0v) is 10.9. The first-order valence-electron chi connectivity index (χ1n) is 5.87. The van der Waals surface area contributed by atoms with Gasteiger partial charge in [0.2, 0.25) is 5.91 Å². The number of nitrogens with one attached hydrogen (secondary N) is 2. The molecular weight excluding hydrogens is 224 g/mol. The summed E-state index contributed by atoms with van der Waals surface area (Å²) in [5, 5.41) is 6.26. The summed E-state index contributed by atoms with van der Waals surface area (Å²) in [6.07, 6.45) is 3.11. The molecule has 16 heavy (non-hydrogen) atoms. The van der Waals surface area contributed by atoms with E-state index in [1.54, 1.807) is 11.8 Å². The third kappa shape index (κ3) is 4.31. The van der Waals surface area contributed by atoms with Crippen LogP contribution in [0.3, 0.4) is 0 Å². The fourth-order valence-corrected chi connectivity index (χ4v) is 2.27. The number of rotatable bonds is 7. The van der Waals surface area contributed by atoms with E-state index >= 15 is 0 Å². The van der Waals surface area contributed by atoms with Gasteiger partial charge in [-0.15, -0.1) is 0 Å². The van der Waals surface area contributed by atoms with Crippen LogP contribution in [0.5, 0.6) is 0 Å². The highest BCUT2D eigenvalue weighted by Gasteiger charge is 2.32. The molecule has 0 bridgehead atoms. The second-order valence-electron chi connectivity index (χ2n) is 3.95. The average molecular weight is 246 g/mol. The van der Waals surface area contributed by atoms with Gasteiger partial charge >= 0.3 is 0 Å². The minimum absolute atomic E-state index is 0.0192. The smallest absolute Gasteiger partial charge is 0.227 e. The van der Waals surface area contributed by atoms with Gasteiger partial charge in [0, 0.05) is 12.6 Å². The molecule has 1 aliphatic heterocycles. The van der Waals surface area contributed by atoms with Crippen LogP contribution in [-0.2, 0) is 9.53 Å². The summed E-state index contributed by atoms with van der Waals surface area (Å²) >= 11 is 1.81. The van der Waals surface area contributed by atoms with Crippen molar-refractivity contribution in [3.05, 3.63) is 0 Å². The van der Waals surface area contributed by atoms with Gasteiger partial charge in [-0.2, -0.15) is 11.8 Å². The van der Waals surface area contributed by atoms with Crippen LogP contribution in [-0.4, -0.2) is 50.3 Å². The molecule has 4 nitrogen and oxygen atoms in total. The molecule has 1 aliphatic rings. The molecule has 0 spiro atoms. The summed E-state index contributed by atoms with van der Waals surface area (Å²) in [6, 6.07) is 0.186. The number of likely N-dealkylation sites (N-methyl/N-ethyl adjacent to an activating group) is 1. The Morgan fingerprint density at radius 1 is 1.50 bits per heavy atom. The highest BCUT2D eigenvalue weighted by atomic mass is 32.2. The van der Waals surface area contributed by atoms with Crippen molar-refractivity contribution in [1.82, 2.24) is 10.6 Å². The maximum atomic E-state index is 11.9. The van der Waals surface area contributed by atoms with Gasteiger partial charge in [-0.05, 0) is 25.0 Å². The van der Waals surface area contributed by atoms with E-state index < -0.39 is 0 Å². The average Bonchev–Trinajstić information content (AvgIpc) is 2.73. The Morgan fingerprint density at radius 2 is 2.31 bits per heavy atom. The number of carbonyl (C=O) groups excluding carboxylic acids is 1. The number of hydrogen-bond acceptors (Lipinski definition) is 4. The summed E-state index contributed by atoms with van der Waals surface area (Å²) < 4.78 is 5.34. The van der Waals surface area contributed by atoms with E-state index in [1.807, 2.05) is 6.92 Å². The zero-order valence-electron chi connectivity index (χ0n) is 10.1. The first-order chi connectivity index (χ1) is 7.79. The van der Waals surface area contributed by atoms with Crippen LogP contribution in [0.15, 0.2) is 0 Å². The first-order valence-corrected chi connectivity index (χ1v) is 7.26. The SMILES string of the molecule is CCNC1COCC1C(=O)NCCCSC. The summed E-state index contributed by atoms with van der Waals surface area (Å²) in [6.45, 7) is 4.90. The van der Waals surface area contributed by atoms with Gasteiger partial charge in [0.1, 0.15) is 0 Å². The van der Waals surface area contributed by atoms with Crippen molar-refractivity contribution >= 4 is 17.7 Å². The fourth-order valence-electron chi connectivity index (χ4n) is 1.84. The van der Waals surface area contributed by atoms with Gasteiger partial charge in [0.05, 0.1) is 19.1 Å². The number of carbonyl (C=O) groups is 1. The van der Waals surface area contributed by atoms with E-state index in [0.717, 1.165) is 25.3 Å². The van der Waals surface area contributed by atoms with Gasteiger partial charge < -0.3 is 15.4 Å². The Bertz CT molecular complexity index is 214.